The Labute approximate surface area is 106 Å². The van der Waals surface area contributed by atoms with E-state index in [1.807, 2.05) is 0 Å². The summed E-state index contributed by atoms with van der Waals surface area (Å²) in [7, 11) is 2.95. The van der Waals surface area contributed by atoms with Crippen LogP contribution in [0.5, 0.6) is 17.2 Å². The lowest BCUT2D eigenvalue weighted by Gasteiger charge is -2.26. The summed E-state index contributed by atoms with van der Waals surface area (Å²) in [5.41, 5.74) is 0.501. The highest BCUT2D eigenvalue weighted by molar-refractivity contribution is 5.56. The minimum absolute atomic E-state index is 0.0401. The Hall–Kier alpha value is -1.49. The molecule has 1 aromatic rings. The smallest absolute Gasteiger partial charge is 0.169 e. The first-order valence-corrected chi connectivity index (χ1v) is 6.03. The van der Waals surface area contributed by atoms with E-state index in [4.69, 9.17) is 9.47 Å². The Morgan fingerprint density at radius 3 is 2.72 bits per heavy atom. The Kier molecular flexibility index (Phi) is 3.91. The van der Waals surface area contributed by atoms with Crippen LogP contribution in [0.25, 0.3) is 0 Å². The fraction of sp³-hybridized carbons (Fsp3) is 0.538. The van der Waals surface area contributed by atoms with Gasteiger partial charge >= 0.3 is 0 Å². The number of hydrogen-bond acceptors (Lipinski definition) is 4. The highest BCUT2D eigenvalue weighted by atomic mass is 19.1. The first kappa shape index (κ1) is 13.0. The SMILES string of the molecule is COc1cc(F)c(O)c(C2CCCNC2)c1OC. The molecule has 1 saturated heterocycles. The fourth-order valence-electron chi connectivity index (χ4n) is 2.46. The second-order valence-electron chi connectivity index (χ2n) is 4.40. The number of nitrogens with one attached hydrogen (secondary N) is 1. The van der Waals surface area contributed by atoms with Gasteiger partial charge in [-0.15, -0.1) is 0 Å². The Bertz CT molecular complexity index is 431. The third kappa shape index (κ3) is 2.22. The Balaban J connectivity index is 2.51. The molecule has 0 radical (unpaired) electrons. The zero-order valence-electron chi connectivity index (χ0n) is 10.6. The summed E-state index contributed by atoms with van der Waals surface area (Å²) in [6, 6.07) is 1.15. The van der Waals surface area contributed by atoms with Crippen LogP contribution in [-0.2, 0) is 0 Å². The quantitative estimate of drug-likeness (QED) is 0.867. The molecule has 1 atom stereocenters. The first-order chi connectivity index (χ1) is 8.69. The molecule has 0 saturated carbocycles. The standard InChI is InChI=1S/C13H18FNO3/c1-17-10-6-9(14)12(16)11(13(10)18-2)8-4-3-5-15-7-8/h6,8,15-16H,3-5,7H2,1-2H3. The maximum Gasteiger partial charge on any atom is 0.169 e. The predicted octanol–water partition coefficient (Wildman–Crippen LogP) is 2.02. The van der Waals surface area contributed by atoms with E-state index < -0.39 is 5.82 Å². The lowest BCUT2D eigenvalue weighted by Crippen LogP contribution is -2.28. The number of hydrogen-bond donors (Lipinski definition) is 2. The van der Waals surface area contributed by atoms with E-state index in [-0.39, 0.29) is 11.7 Å². The molecule has 0 aromatic heterocycles. The average Bonchev–Trinajstić information content (AvgIpc) is 2.42. The third-order valence-corrected chi connectivity index (χ3v) is 3.34. The van der Waals surface area contributed by atoms with Crippen molar-refractivity contribution in [3.8, 4) is 17.2 Å². The molecule has 2 N–H and O–H groups in total. The van der Waals surface area contributed by atoms with Crippen molar-refractivity contribution < 1.29 is 19.0 Å². The van der Waals surface area contributed by atoms with Gasteiger partial charge in [-0.1, -0.05) is 0 Å². The minimum atomic E-state index is -0.673. The van der Waals surface area contributed by atoms with Gasteiger partial charge < -0.3 is 19.9 Å². The number of phenolic OH excluding ortho intramolecular Hbond substituents is 1. The van der Waals surface area contributed by atoms with E-state index >= 15 is 0 Å². The van der Waals surface area contributed by atoms with Crippen LogP contribution < -0.4 is 14.8 Å². The molecule has 1 unspecified atom stereocenters. The van der Waals surface area contributed by atoms with E-state index in [0.29, 0.717) is 23.6 Å². The molecule has 2 rings (SSSR count). The van der Waals surface area contributed by atoms with Gasteiger partial charge in [-0.05, 0) is 19.4 Å². The number of benzene rings is 1. The summed E-state index contributed by atoms with van der Waals surface area (Å²) >= 11 is 0. The molecule has 1 fully saturated rings. The van der Waals surface area contributed by atoms with Gasteiger partial charge in [0.25, 0.3) is 0 Å². The van der Waals surface area contributed by atoms with Crippen LogP contribution in [0.1, 0.15) is 24.3 Å². The van der Waals surface area contributed by atoms with E-state index in [0.717, 1.165) is 25.5 Å². The Morgan fingerprint density at radius 1 is 1.39 bits per heavy atom. The number of piperidine rings is 1. The largest absolute Gasteiger partial charge is 0.505 e. The number of rotatable bonds is 3. The molecule has 18 heavy (non-hydrogen) atoms. The average molecular weight is 255 g/mol. The minimum Gasteiger partial charge on any atom is -0.505 e. The molecular formula is C13H18FNO3. The van der Waals surface area contributed by atoms with Crippen LogP contribution in [0.4, 0.5) is 4.39 Å². The van der Waals surface area contributed by atoms with Crippen molar-refractivity contribution in [3.05, 3.63) is 17.4 Å². The molecule has 1 aliphatic rings. The van der Waals surface area contributed by atoms with Gasteiger partial charge in [0.2, 0.25) is 0 Å². The van der Waals surface area contributed by atoms with Crippen molar-refractivity contribution in [3.63, 3.8) is 0 Å². The van der Waals surface area contributed by atoms with Crippen molar-refractivity contribution in [2.45, 2.75) is 18.8 Å². The molecule has 100 valence electrons. The van der Waals surface area contributed by atoms with Crippen LogP contribution in [0.3, 0.4) is 0 Å². The van der Waals surface area contributed by atoms with Crippen LogP contribution in [0.2, 0.25) is 0 Å². The third-order valence-electron chi connectivity index (χ3n) is 3.34. The zero-order chi connectivity index (χ0) is 13.1. The summed E-state index contributed by atoms with van der Waals surface area (Å²) in [6.45, 7) is 1.66. The topological polar surface area (TPSA) is 50.7 Å². The van der Waals surface area contributed by atoms with Crippen molar-refractivity contribution in [2.24, 2.45) is 0 Å². The van der Waals surface area contributed by atoms with Crippen molar-refractivity contribution in [1.82, 2.24) is 5.32 Å². The zero-order valence-corrected chi connectivity index (χ0v) is 10.6. The molecule has 5 heteroatoms. The van der Waals surface area contributed by atoms with E-state index in [1.165, 1.54) is 14.2 Å². The van der Waals surface area contributed by atoms with Crippen molar-refractivity contribution >= 4 is 0 Å². The maximum absolute atomic E-state index is 13.7. The molecule has 0 amide bonds. The van der Waals surface area contributed by atoms with E-state index in [1.54, 1.807) is 0 Å². The molecule has 0 spiro atoms. The predicted molar refractivity (Wildman–Crippen MR) is 66.0 cm³/mol. The van der Waals surface area contributed by atoms with Gasteiger partial charge in [0.05, 0.1) is 14.2 Å². The van der Waals surface area contributed by atoms with Gasteiger partial charge in [0, 0.05) is 24.1 Å². The lowest BCUT2D eigenvalue weighted by atomic mass is 9.90. The van der Waals surface area contributed by atoms with Gasteiger partial charge in [0.1, 0.15) is 0 Å². The van der Waals surface area contributed by atoms with Gasteiger partial charge in [0.15, 0.2) is 23.1 Å². The van der Waals surface area contributed by atoms with E-state index in [9.17, 15) is 9.50 Å². The molecule has 0 bridgehead atoms. The first-order valence-electron chi connectivity index (χ1n) is 6.03. The van der Waals surface area contributed by atoms with E-state index in [2.05, 4.69) is 5.32 Å². The summed E-state index contributed by atoms with van der Waals surface area (Å²) in [4.78, 5) is 0. The fourth-order valence-corrected chi connectivity index (χ4v) is 2.46. The molecule has 4 nitrogen and oxygen atoms in total. The summed E-state index contributed by atoms with van der Waals surface area (Å²) < 4.78 is 24.1. The van der Waals surface area contributed by atoms with Crippen LogP contribution in [0.15, 0.2) is 6.07 Å². The number of ether oxygens (including phenoxy) is 2. The molecule has 1 aliphatic heterocycles. The normalized spacial score (nSPS) is 19.6. The second-order valence-corrected chi connectivity index (χ2v) is 4.40. The summed E-state index contributed by atoms with van der Waals surface area (Å²) in [6.07, 6.45) is 1.88. The van der Waals surface area contributed by atoms with Gasteiger partial charge in [-0.2, -0.15) is 0 Å². The van der Waals surface area contributed by atoms with Crippen LogP contribution in [0, 0.1) is 5.82 Å². The lowest BCUT2D eigenvalue weighted by molar-refractivity contribution is 0.329. The van der Waals surface area contributed by atoms with Crippen LogP contribution in [-0.4, -0.2) is 32.4 Å². The summed E-state index contributed by atoms with van der Waals surface area (Å²) in [5.74, 6) is -0.230. The molecule has 1 aromatic carbocycles. The van der Waals surface area contributed by atoms with Crippen molar-refractivity contribution in [2.75, 3.05) is 27.3 Å². The molecular weight excluding hydrogens is 237 g/mol. The number of aromatic hydroxyl groups is 1. The monoisotopic (exact) mass is 255 g/mol. The summed E-state index contributed by atoms with van der Waals surface area (Å²) in [5, 5.41) is 13.2. The molecule has 0 aliphatic carbocycles. The number of phenols is 1. The maximum atomic E-state index is 13.7. The Morgan fingerprint density at radius 2 is 2.17 bits per heavy atom. The van der Waals surface area contributed by atoms with Gasteiger partial charge in [-0.3, -0.25) is 0 Å². The van der Waals surface area contributed by atoms with Gasteiger partial charge in [-0.25, -0.2) is 4.39 Å². The second kappa shape index (κ2) is 5.44. The highest BCUT2D eigenvalue weighted by Crippen LogP contribution is 2.44. The highest BCUT2D eigenvalue weighted by Gasteiger charge is 2.27. The van der Waals surface area contributed by atoms with Crippen LogP contribution >= 0.6 is 0 Å². The number of halogens is 1. The number of methoxy groups -OCH3 is 2. The molecule has 1 heterocycles. The van der Waals surface area contributed by atoms with Crippen molar-refractivity contribution in [1.29, 1.82) is 0 Å².